The molecule has 3 nitrogen and oxygen atoms in total. The topological polar surface area (TPSA) is 18.8 Å². The van der Waals surface area contributed by atoms with E-state index in [1.54, 1.807) is 0 Å². The van der Waals surface area contributed by atoms with Crippen molar-refractivity contribution in [1.29, 1.82) is 0 Å². The number of nitrogens with zero attached hydrogens (tertiary/aromatic N) is 3. The summed E-state index contributed by atoms with van der Waals surface area (Å²) in [4.78, 5) is 11.1. The summed E-state index contributed by atoms with van der Waals surface area (Å²) in [7, 11) is 2.13. The minimum atomic E-state index is 0.0297. The summed E-state index contributed by atoms with van der Waals surface area (Å²) in [6.45, 7) is 7.01. The van der Waals surface area contributed by atoms with E-state index in [-0.39, 0.29) is 5.41 Å². The second kappa shape index (κ2) is 5.96. The third kappa shape index (κ3) is 2.77. The van der Waals surface area contributed by atoms with Crippen LogP contribution < -0.4 is 0 Å². The lowest BCUT2D eigenvalue weighted by Gasteiger charge is -2.33. The molecule has 3 rings (SSSR count). The van der Waals surface area contributed by atoms with E-state index < -0.39 is 0 Å². The van der Waals surface area contributed by atoms with Crippen LogP contribution in [0.1, 0.15) is 58.8 Å². The number of likely N-dealkylation sites (tertiary alicyclic amines) is 2. The van der Waals surface area contributed by atoms with Gasteiger partial charge in [-0.3, -0.25) is 9.89 Å². The first-order chi connectivity index (χ1) is 10.0. The molecule has 4 heteroatoms. The largest absolute Gasteiger partial charge is 0.326 e. The van der Waals surface area contributed by atoms with Gasteiger partial charge in [0.1, 0.15) is 5.84 Å². The number of amidine groups is 1. The summed E-state index contributed by atoms with van der Waals surface area (Å²) < 4.78 is 0. The highest BCUT2D eigenvalue weighted by atomic mass is 32.1. The summed E-state index contributed by atoms with van der Waals surface area (Å²) in [5.74, 6) is 1.25. The third-order valence-corrected chi connectivity index (χ3v) is 6.32. The van der Waals surface area contributed by atoms with Gasteiger partial charge in [0.25, 0.3) is 0 Å². The molecule has 0 N–H and O–H groups in total. The van der Waals surface area contributed by atoms with Gasteiger partial charge in [-0.2, -0.15) is 0 Å². The maximum atomic E-state index is 5.75. The normalized spacial score (nSPS) is 33.3. The molecule has 0 aromatic carbocycles. The van der Waals surface area contributed by atoms with Crippen molar-refractivity contribution in [1.82, 2.24) is 9.80 Å². The Bertz CT molecular complexity index is 431. The van der Waals surface area contributed by atoms with Crippen molar-refractivity contribution in [3.8, 4) is 0 Å². The molecule has 0 spiro atoms. The van der Waals surface area contributed by atoms with Crippen molar-refractivity contribution in [2.24, 2.45) is 10.4 Å². The first kappa shape index (κ1) is 15.4. The van der Waals surface area contributed by atoms with Crippen molar-refractivity contribution in [2.45, 2.75) is 70.9 Å². The zero-order chi connectivity index (χ0) is 15.0. The van der Waals surface area contributed by atoms with Crippen molar-refractivity contribution in [3.63, 3.8) is 0 Å². The minimum Gasteiger partial charge on any atom is -0.326 e. The molecule has 2 saturated heterocycles. The van der Waals surface area contributed by atoms with Gasteiger partial charge in [0, 0.05) is 12.5 Å². The number of thiocarbonyl (C=S) groups is 1. The summed E-state index contributed by atoms with van der Waals surface area (Å²) in [6, 6.07) is 0.914. The molecule has 0 aromatic rings. The average molecular weight is 308 g/mol. The highest BCUT2D eigenvalue weighted by Crippen LogP contribution is 2.39. The molecular weight excluding hydrogens is 278 g/mol. The van der Waals surface area contributed by atoms with Gasteiger partial charge in [-0.25, -0.2) is 0 Å². The summed E-state index contributed by atoms with van der Waals surface area (Å²) >= 11 is 5.75. The molecule has 3 fully saturated rings. The van der Waals surface area contributed by atoms with E-state index in [2.05, 4.69) is 30.7 Å². The van der Waals surface area contributed by atoms with Gasteiger partial charge in [0.05, 0.1) is 17.1 Å². The fraction of sp³-hybridized carbons (Fsp3) is 0.882. The molecule has 21 heavy (non-hydrogen) atoms. The Morgan fingerprint density at radius 3 is 2.29 bits per heavy atom. The Labute approximate surface area is 134 Å². The standard InChI is InChI=1S/C17H29N3S/c1-17(2)14(20-11-7-8-12-20)15(19(3)16(17)21)18-13-9-5-4-6-10-13/h13-14H,4-12H2,1-3H3/t14-/m1/s1. The van der Waals surface area contributed by atoms with E-state index >= 15 is 0 Å². The van der Waals surface area contributed by atoms with E-state index in [9.17, 15) is 0 Å². The molecule has 2 aliphatic heterocycles. The first-order valence-electron chi connectivity index (χ1n) is 8.61. The Kier molecular flexibility index (Phi) is 4.37. The Morgan fingerprint density at radius 2 is 1.67 bits per heavy atom. The van der Waals surface area contributed by atoms with Crippen LogP contribution in [0.2, 0.25) is 0 Å². The van der Waals surface area contributed by atoms with Gasteiger partial charge >= 0.3 is 0 Å². The zero-order valence-electron chi connectivity index (χ0n) is 13.8. The van der Waals surface area contributed by atoms with Crippen molar-refractivity contribution in [3.05, 3.63) is 0 Å². The van der Waals surface area contributed by atoms with Crippen molar-refractivity contribution < 1.29 is 0 Å². The van der Waals surface area contributed by atoms with E-state index in [0.717, 1.165) is 4.99 Å². The lowest BCUT2D eigenvalue weighted by Crippen LogP contribution is -2.46. The van der Waals surface area contributed by atoms with Gasteiger partial charge in [0.2, 0.25) is 0 Å². The Balaban J connectivity index is 1.90. The number of hydrogen-bond acceptors (Lipinski definition) is 3. The number of rotatable bonds is 2. The van der Waals surface area contributed by atoms with E-state index in [1.165, 1.54) is 63.9 Å². The maximum Gasteiger partial charge on any atom is 0.122 e. The molecule has 1 saturated carbocycles. The third-order valence-electron chi connectivity index (χ3n) is 5.52. The highest BCUT2D eigenvalue weighted by molar-refractivity contribution is 7.80. The fourth-order valence-corrected chi connectivity index (χ4v) is 4.54. The minimum absolute atomic E-state index is 0.0297. The van der Waals surface area contributed by atoms with Gasteiger partial charge in [-0.15, -0.1) is 0 Å². The highest BCUT2D eigenvalue weighted by Gasteiger charge is 2.50. The van der Waals surface area contributed by atoms with Gasteiger partial charge in [0.15, 0.2) is 0 Å². The molecule has 0 amide bonds. The van der Waals surface area contributed by atoms with E-state index in [1.807, 2.05) is 0 Å². The summed E-state index contributed by atoms with van der Waals surface area (Å²) in [6.07, 6.45) is 9.23. The van der Waals surface area contributed by atoms with Crippen LogP contribution in [0.3, 0.4) is 0 Å². The lowest BCUT2D eigenvalue weighted by atomic mass is 9.86. The van der Waals surface area contributed by atoms with Crippen LogP contribution in [0.5, 0.6) is 0 Å². The van der Waals surface area contributed by atoms with Crippen LogP contribution in [-0.2, 0) is 0 Å². The monoisotopic (exact) mass is 307 g/mol. The average Bonchev–Trinajstić information content (AvgIpc) is 3.04. The van der Waals surface area contributed by atoms with E-state index in [0.29, 0.717) is 12.1 Å². The Morgan fingerprint density at radius 1 is 1.05 bits per heavy atom. The molecule has 0 bridgehead atoms. The molecule has 0 aromatic heterocycles. The molecule has 118 valence electrons. The molecule has 0 radical (unpaired) electrons. The second-order valence-electron chi connectivity index (χ2n) is 7.51. The molecule has 1 atom stereocenters. The predicted molar refractivity (Wildman–Crippen MR) is 93.0 cm³/mol. The second-order valence-corrected chi connectivity index (χ2v) is 7.90. The fourth-order valence-electron chi connectivity index (χ4n) is 4.33. The summed E-state index contributed by atoms with van der Waals surface area (Å²) in [5, 5.41) is 0. The predicted octanol–water partition coefficient (Wildman–Crippen LogP) is 3.48. The molecule has 0 unspecified atom stereocenters. The van der Waals surface area contributed by atoms with Gasteiger partial charge in [-0.1, -0.05) is 45.3 Å². The number of likely N-dealkylation sites (N-methyl/N-ethyl adjacent to an activating group) is 1. The lowest BCUT2D eigenvalue weighted by molar-refractivity contribution is 0.223. The smallest absolute Gasteiger partial charge is 0.122 e. The Hall–Kier alpha value is -0.480. The van der Waals surface area contributed by atoms with Crippen LogP contribution in [0.15, 0.2) is 4.99 Å². The zero-order valence-corrected chi connectivity index (χ0v) is 14.6. The number of aliphatic imine (C=N–C) groups is 1. The van der Waals surface area contributed by atoms with Crippen molar-refractivity contribution >= 4 is 23.0 Å². The molecule has 2 heterocycles. The summed E-state index contributed by atoms with van der Waals surface area (Å²) in [5.41, 5.74) is 0.0297. The van der Waals surface area contributed by atoms with Crippen LogP contribution in [0.4, 0.5) is 0 Å². The first-order valence-corrected chi connectivity index (χ1v) is 9.02. The molecular formula is C17H29N3S. The van der Waals surface area contributed by atoms with Gasteiger partial charge < -0.3 is 4.90 Å². The SMILES string of the molecule is CN1C(=S)C(C)(C)[C@H](N2CCCC2)C1=NC1CCCCC1. The van der Waals surface area contributed by atoms with Crippen LogP contribution >= 0.6 is 12.2 Å². The van der Waals surface area contributed by atoms with Gasteiger partial charge in [-0.05, 0) is 38.8 Å². The van der Waals surface area contributed by atoms with Crippen LogP contribution in [0, 0.1) is 5.41 Å². The van der Waals surface area contributed by atoms with Crippen LogP contribution in [-0.4, -0.2) is 52.8 Å². The van der Waals surface area contributed by atoms with Crippen LogP contribution in [0.25, 0.3) is 0 Å². The number of hydrogen-bond donors (Lipinski definition) is 0. The maximum absolute atomic E-state index is 5.75. The molecule has 1 aliphatic carbocycles. The van der Waals surface area contributed by atoms with Crippen molar-refractivity contribution in [2.75, 3.05) is 20.1 Å². The van der Waals surface area contributed by atoms with E-state index in [4.69, 9.17) is 17.2 Å². The molecule has 3 aliphatic rings. The quantitative estimate of drug-likeness (QED) is 0.728.